The number of aromatic nitrogens is 3. The lowest BCUT2D eigenvalue weighted by atomic mass is 9.90. The summed E-state index contributed by atoms with van der Waals surface area (Å²) < 4.78 is 13.0. The number of furan rings is 1. The van der Waals surface area contributed by atoms with Gasteiger partial charge in [-0.2, -0.15) is 0 Å². The van der Waals surface area contributed by atoms with Crippen LogP contribution in [0.15, 0.2) is 180 Å². The van der Waals surface area contributed by atoms with Gasteiger partial charge in [0.05, 0.1) is 0 Å². The molecule has 54 heavy (non-hydrogen) atoms. The van der Waals surface area contributed by atoms with Crippen molar-refractivity contribution in [2.45, 2.75) is 12.0 Å². The van der Waals surface area contributed by atoms with E-state index in [1.807, 2.05) is 48.5 Å². The zero-order chi connectivity index (χ0) is 35.6. The second-order valence-electron chi connectivity index (χ2n) is 13.9. The largest absolute Gasteiger partial charge is 0.485 e. The molecule has 11 rings (SSSR count). The van der Waals surface area contributed by atoms with Gasteiger partial charge in [0.1, 0.15) is 23.0 Å². The first-order valence-electron chi connectivity index (χ1n) is 18.3. The number of ether oxygens (including phenoxy) is 1. The van der Waals surface area contributed by atoms with Crippen molar-refractivity contribution >= 4 is 32.7 Å². The van der Waals surface area contributed by atoms with Crippen LogP contribution in [0.1, 0.15) is 11.5 Å². The SMILES string of the molecule is C1=CC2Oc3cc4ccc(-c5nc(-c6ccccc6)nc(-c6cccc7oc8c(-c9ccc(-c%10ccccc%10)cc9)cccc8c67)n5)cc4cc3C2C=C1. The zero-order valence-electron chi connectivity index (χ0n) is 29.1. The van der Waals surface area contributed by atoms with E-state index >= 15 is 0 Å². The van der Waals surface area contributed by atoms with Crippen LogP contribution in [0.5, 0.6) is 5.75 Å². The highest BCUT2D eigenvalue weighted by Crippen LogP contribution is 2.44. The lowest BCUT2D eigenvalue weighted by molar-refractivity contribution is 0.269. The molecule has 1 aliphatic heterocycles. The quantitative estimate of drug-likeness (QED) is 0.180. The Kier molecular flexibility index (Phi) is 6.92. The van der Waals surface area contributed by atoms with E-state index < -0.39 is 0 Å². The molecule has 5 heteroatoms. The summed E-state index contributed by atoms with van der Waals surface area (Å²) in [6, 6.07) is 52.5. The maximum atomic E-state index is 6.68. The van der Waals surface area contributed by atoms with Gasteiger partial charge in [-0.1, -0.05) is 146 Å². The number of para-hydroxylation sites is 1. The van der Waals surface area contributed by atoms with E-state index in [4.69, 9.17) is 24.1 Å². The fraction of sp³-hybridized carbons (Fsp3) is 0.0408. The van der Waals surface area contributed by atoms with Gasteiger partial charge in [-0.3, -0.25) is 0 Å². The van der Waals surface area contributed by atoms with Crippen molar-refractivity contribution in [3.8, 4) is 62.2 Å². The summed E-state index contributed by atoms with van der Waals surface area (Å²) in [5, 5.41) is 4.22. The van der Waals surface area contributed by atoms with Crippen molar-refractivity contribution in [2.75, 3.05) is 0 Å². The van der Waals surface area contributed by atoms with Gasteiger partial charge in [0.15, 0.2) is 17.5 Å². The zero-order valence-corrected chi connectivity index (χ0v) is 29.1. The van der Waals surface area contributed by atoms with Crippen molar-refractivity contribution in [1.82, 2.24) is 15.0 Å². The Morgan fingerprint density at radius 2 is 1.13 bits per heavy atom. The molecule has 2 atom stereocenters. The molecule has 0 fully saturated rings. The predicted molar refractivity (Wildman–Crippen MR) is 217 cm³/mol. The standard InChI is InChI=1S/C49H31N3O2/c1-3-11-30(12-4-1)31-21-23-32(24-22-31)37-16-9-17-39-45-40(18-10-20-43(45)54-46(37)39)49-51-47(33-13-5-2-6-14-33)50-48(52-49)35-26-25-34-29-44-41(28-36(34)27-35)38-15-7-8-19-42(38)53-44/h1-29,38,42H. The first-order valence-corrected chi connectivity index (χ1v) is 18.3. The summed E-state index contributed by atoms with van der Waals surface area (Å²) in [7, 11) is 0. The molecule has 3 heterocycles. The molecule has 0 spiro atoms. The maximum Gasteiger partial charge on any atom is 0.164 e. The lowest BCUT2D eigenvalue weighted by Crippen LogP contribution is -2.15. The third-order valence-corrected chi connectivity index (χ3v) is 10.7. The van der Waals surface area contributed by atoms with Crippen LogP contribution in [0.25, 0.3) is 89.1 Å². The van der Waals surface area contributed by atoms with Crippen LogP contribution in [0, 0.1) is 0 Å². The van der Waals surface area contributed by atoms with Gasteiger partial charge in [0.25, 0.3) is 0 Å². The Morgan fingerprint density at radius 1 is 0.463 bits per heavy atom. The van der Waals surface area contributed by atoms with Crippen molar-refractivity contribution in [3.05, 3.63) is 182 Å². The highest BCUT2D eigenvalue weighted by atomic mass is 16.5. The van der Waals surface area contributed by atoms with Crippen LogP contribution in [-0.2, 0) is 0 Å². The van der Waals surface area contributed by atoms with Gasteiger partial charge in [0, 0.05) is 44.5 Å². The number of fused-ring (bicyclic) bond motifs is 7. The smallest absolute Gasteiger partial charge is 0.164 e. The number of rotatable bonds is 5. The molecule has 1 aliphatic carbocycles. The number of nitrogens with zero attached hydrogens (tertiary/aromatic N) is 3. The Balaban J connectivity index is 1.05. The van der Waals surface area contributed by atoms with Gasteiger partial charge in [-0.25, -0.2) is 15.0 Å². The molecule has 2 aliphatic rings. The highest BCUT2D eigenvalue weighted by molar-refractivity contribution is 6.15. The van der Waals surface area contributed by atoms with Crippen LogP contribution < -0.4 is 4.74 Å². The summed E-state index contributed by atoms with van der Waals surface area (Å²) in [5.41, 5.74) is 10.1. The summed E-state index contributed by atoms with van der Waals surface area (Å²) in [6.45, 7) is 0. The normalized spacial score (nSPS) is 15.8. The molecule has 0 saturated carbocycles. The number of allylic oxidation sites excluding steroid dienone is 2. The maximum absolute atomic E-state index is 6.68. The first kappa shape index (κ1) is 30.5. The lowest BCUT2D eigenvalue weighted by Gasteiger charge is -2.14. The third-order valence-electron chi connectivity index (χ3n) is 10.7. The van der Waals surface area contributed by atoms with E-state index in [2.05, 4.69) is 127 Å². The van der Waals surface area contributed by atoms with E-state index in [9.17, 15) is 0 Å². The second kappa shape index (κ2) is 12.2. The number of hydrogen-bond donors (Lipinski definition) is 0. The van der Waals surface area contributed by atoms with E-state index in [1.54, 1.807) is 0 Å². The monoisotopic (exact) mass is 693 g/mol. The minimum absolute atomic E-state index is 0.0405. The Labute approximate surface area is 311 Å². The summed E-state index contributed by atoms with van der Waals surface area (Å²) >= 11 is 0. The van der Waals surface area contributed by atoms with E-state index in [1.165, 1.54) is 16.7 Å². The van der Waals surface area contributed by atoms with Crippen LogP contribution >= 0.6 is 0 Å². The Bertz CT molecular complexity index is 2960. The van der Waals surface area contributed by atoms with Crippen molar-refractivity contribution in [2.24, 2.45) is 0 Å². The Hall–Kier alpha value is -7.11. The molecule has 0 bridgehead atoms. The summed E-state index contributed by atoms with van der Waals surface area (Å²) in [5.74, 6) is 2.98. The molecule has 0 amide bonds. The van der Waals surface area contributed by atoms with E-state index in [0.717, 1.165) is 66.3 Å². The molecule has 0 N–H and O–H groups in total. The molecule has 2 unspecified atom stereocenters. The fourth-order valence-corrected chi connectivity index (χ4v) is 8.00. The molecular formula is C49H31N3O2. The van der Waals surface area contributed by atoms with Gasteiger partial charge in [0.2, 0.25) is 0 Å². The van der Waals surface area contributed by atoms with Crippen molar-refractivity contribution in [3.63, 3.8) is 0 Å². The molecule has 0 radical (unpaired) electrons. The molecule has 7 aromatic carbocycles. The first-order chi connectivity index (χ1) is 26.7. The molecule has 2 aromatic heterocycles. The van der Waals surface area contributed by atoms with Crippen LogP contribution in [0.4, 0.5) is 0 Å². The summed E-state index contributed by atoms with van der Waals surface area (Å²) in [4.78, 5) is 15.4. The fourth-order valence-electron chi connectivity index (χ4n) is 8.00. The second-order valence-corrected chi connectivity index (χ2v) is 13.9. The van der Waals surface area contributed by atoms with Gasteiger partial charge < -0.3 is 9.15 Å². The molecule has 254 valence electrons. The molecular weight excluding hydrogens is 663 g/mol. The van der Waals surface area contributed by atoms with Crippen molar-refractivity contribution in [1.29, 1.82) is 0 Å². The van der Waals surface area contributed by atoms with Crippen LogP contribution in [-0.4, -0.2) is 21.1 Å². The molecule has 0 saturated heterocycles. The summed E-state index contributed by atoms with van der Waals surface area (Å²) in [6.07, 6.45) is 8.56. The number of hydrogen-bond acceptors (Lipinski definition) is 5. The minimum atomic E-state index is 0.0405. The van der Waals surface area contributed by atoms with Gasteiger partial charge in [-0.15, -0.1) is 0 Å². The van der Waals surface area contributed by atoms with Gasteiger partial charge in [-0.05, 0) is 57.8 Å². The highest BCUT2D eigenvalue weighted by Gasteiger charge is 2.32. The topological polar surface area (TPSA) is 61.0 Å². The third kappa shape index (κ3) is 5.05. The van der Waals surface area contributed by atoms with Gasteiger partial charge >= 0.3 is 0 Å². The van der Waals surface area contributed by atoms with E-state index in [0.29, 0.717) is 17.5 Å². The minimum Gasteiger partial charge on any atom is -0.485 e. The Morgan fingerprint density at radius 3 is 1.96 bits per heavy atom. The average molecular weight is 694 g/mol. The van der Waals surface area contributed by atoms with E-state index in [-0.39, 0.29) is 12.0 Å². The van der Waals surface area contributed by atoms with Crippen LogP contribution in [0.2, 0.25) is 0 Å². The van der Waals surface area contributed by atoms with Crippen LogP contribution in [0.3, 0.4) is 0 Å². The predicted octanol–water partition coefficient (Wildman–Crippen LogP) is 12.2. The number of benzene rings is 7. The van der Waals surface area contributed by atoms with Crippen molar-refractivity contribution < 1.29 is 9.15 Å². The average Bonchev–Trinajstić information content (AvgIpc) is 3.81. The molecule has 9 aromatic rings. The molecule has 5 nitrogen and oxygen atoms in total.